The van der Waals surface area contributed by atoms with Gasteiger partial charge in [0.1, 0.15) is 0 Å². The van der Waals surface area contributed by atoms with Crippen molar-refractivity contribution in [2.45, 2.75) is 79.1 Å². The van der Waals surface area contributed by atoms with Gasteiger partial charge < -0.3 is 15.0 Å². The summed E-state index contributed by atoms with van der Waals surface area (Å²) in [6.45, 7) is 10.5. The van der Waals surface area contributed by atoms with E-state index in [9.17, 15) is 0 Å². The Hall–Kier alpha value is 0.190. The monoisotopic (exact) mass is 342 g/mol. The zero-order valence-corrected chi connectivity index (χ0v) is 17.8. The predicted molar refractivity (Wildman–Crippen MR) is 86.5 cm³/mol. The van der Waals surface area contributed by atoms with Crippen LogP contribution in [0.4, 0.5) is 4.79 Å². The predicted octanol–water partition coefficient (Wildman–Crippen LogP) is 1.26. The van der Waals surface area contributed by atoms with E-state index in [2.05, 4.69) is 27.7 Å². The quantitative estimate of drug-likeness (QED) is 0.236. The van der Waals surface area contributed by atoms with Crippen molar-refractivity contribution >= 4 is 6.16 Å². The summed E-state index contributed by atoms with van der Waals surface area (Å²) < 4.78 is 0. The first-order valence-corrected chi connectivity index (χ1v) is 8.65. The number of carbonyl (C=O) groups is 1. The standard InChI is InChI=1S/C16H34O2.CH2O3.Na/c1-5-9-11-15(7-3)13-17-18-14-16(8-4)12-10-6-2;2-1(3)4;/h15-16H,5-14H2,1-4H3;(H2,2,3,4);/q;;+1/p-1. The molecule has 0 bridgehead atoms. The van der Waals surface area contributed by atoms with E-state index >= 15 is 0 Å². The Bertz CT molecular complexity index is 217. The van der Waals surface area contributed by atoms with Crippen molar-refractivity contribution in [2.24, 2.45) is 11.8 Å². The molecular weight excluding hydrogens is 307 g/mol. The number of carboxylic acid groups (broad SMARTS) is 2. The van der Waals surface area contributed by atoms with E-state index in [1.54, 1.807) is 0 Å². The molecule has 0 saturated heterocycles. The van der Waals surface area contributed by atoms with Crippen LogP contribution in [0.2, 0.25) is 0 Å². The molecule has 2 unspecified atom stereocenters. The van der Waals surface area contributed by atoms with Gasteiger partial charge in [-0.15, -0.1) is 0 Å². The normalized spacial score (nSPS) is 12.5. The first kappa shape index (κ1) is 28.0. The first-order valence-electron chi connectivity index (χ1n) is 8.65. The molecule has 0 rings (SSSR count). The molecule has 5 nitrogen and oxygen atoms in total. The third kappa shape index (κ3) is 24.6. The van der Waals surface area contributed by atoms with Crippen LogP contribution in [0.25, 0.3) is 0 Å². The van der Waals surface area contributed by atoms with Crippen molar-refractivity contribution in [3.8, 4) is 0 Å². The van der Waals surface area contributed by atoms with E-state index in [-0.39, 0.29) is 29.6 Å². The van der Waals surface area contributed by atoms with Gasteiger partial charge in [-0.2, -0.15) is 0 Å². The molecule has 0 fully saturated rings. The van der Waals surface area contributed by atoms with Gasteiger partial charge in [0, 0.05) is 0 Å². The van der Waals surface area contributed by atoms with Crippen molar-refractivity contribution in [3.63, 3.8) is 0 Å². The van der Waals surface area contributed by atoms with Crippen molar-refractivity contribution in [1.29, 1.82) is 0 Å². The van der Waals surface area contributed by atoms with Crippen LogP contribution in [0.1, 0.15) is 79.1 Å². The zero-order valence-electron chi connectivity index (χ0n) is 15.8. The third-order valence-corrected chi connectivity index (χ3v) is 3.78. The summed E-state index contributed by atoms with van der Waals surface area (Å²) in [6.07, 6.45) is 7.98. The van der Waals surface area contributed by atoms with Crippen molar-refractivity contribution in [1.82, 2.24) is 0 Å². The Morgan fingerprint density at radius 3 is 1.43 bits per heavy atom. The molecule has 0 heterocycles. The summed E-state index contributed by atoms with van der Waals surface area (Å²) in [4.78, 5) is 19.2. The molecule has 0 radical (unpaired) electrons. The maximum atomic E-state index is 8.44. The van der Waals surface area contributed by atoms with E-state index in [0.717, 1.165) is 13.2 Å². The average molecular weight is 342 g/mol. The van der Waals surface area contributed by atoms with Crippen LogP contribution in [-0.2, 0) is 9.78 Å². The van der Waals surface area contributed by atoms with Crippen LogP contribution in [0.5, 0.6) is 0 Å². The molecule has 0 aromatic carbocycles. The number of rotatable bonds is 13. The fourth-order valence-electron chi connectivity index (χ4n) is 2.08. The molecule has 23 heavy (non-hydrogen) atoms. The second-order valence-electron chi connectivity index (χ2n) is 5.67. The van der Waals surface area contributed by atoms with Gasteiger partial charge in [0.15, 0.2) is 0 Å². The van der Waals surface area contributed by atoms with Crippen molar-refractivity contribution in [3.05, 3.63) is 0 Å². The van der Waals surface area contributed by atoms with E-state index in [1.807, 2.05) is 0 Å². The Morgan fingerprint density at radius 1 is 0.913 bits per heavy atom. The van der Waals surface area contributed by atoms with Crippen molar-refractivity contribution in [2.75, 3.05) is 13.2 Å². The SMILES string of the molecule is CCCCC(CC)COOCC(CC)CCCC.O=C([O-])O.[Na+]. The molecule has 0 saturated carbocycles. The maximum absolute atomic E-state index is 8.44. The number of hydrogen-bond acceptors (Lipinski definition) is 4. The van der Waals surface area contributed by atoms with Gasteiger partial charge in [0.2, 0.25) is 6.16 Å². The number of hydrogen-bond donors (Lipinski definition) is 1. The van der Waals surface area contributed by atoms with Crippen LogP contribution < -0.4 is 34.7 Å². The molecule has 0 aliphatic rings. The topological polar surface area (TPSA) is 78.8 Å². The largest absolute Gasteiger partial charge is 1.00 e. The van der Waals surface area contributed by atoms with Gasteiger partial charge in [0.05, 0.1) is 13.2 Å². The summed E-state index contributed by atoms with van der Waals surface area (Å²) >= 11 is 0. The molecule has 6 heteroatoms. The molecule has 0 aromatic rings. The second kappa shape index (κ2) is 22.2. The minimum absolute atomic E-state index is 0. The van der Waals surface area contributed by atoms with Gasteiger partial charge in [-0.1, -0.05) is 66.2 Å². The molecule has 0 aliphatic heterocycles. The van der Waals surface area contributed by atoms with Gasteiger partial charge in [-0.25, -0.2) is 9.78 Å². The first-order chi connectivity index (χ1) is 10.5. The minimum Gasteiger partial charge on any atom is -0.565 e. The molecule has 134 valence electrons. The summed E-state index contributed by atoms with van der Waals surface area (Å²) in [7, 11) is 0. The minimum atomic E-state index is -2.08. The Kier molecular flexibility index (Phi) is 27.0. The van der Waals surface area contributed by atoms with E-state index in [0.29, 0.717) is 11.8 Å². The summed E-state index contributed by atoms with van der Waals surface area (Å²) in [6, 6.07) is 0. The molecule has 2 atom stereocenters. The fourth-order valence-corrected chi connectivity index (χ4v) is 2.08. The molecule has 0 aliphatic carbocycles. The smallest absolute Gasteiger partial charge is 0.565 e. The fraction of sp³-hybridized carbons (Fsp3) is 0.941. The molecule has 1 N–H and O–H groups in total. The van der Waals surface area contributed by atoms with Gasteiger partial charge in [0.25, 0.3) is 0 Å². The van der Waals surface area contributed by atoms with Gasteiger partial charge in [-0.05, 0) is 24.7 Å². The summed E-state index contributed by atoms with van der Waals surface area (Å²) in [5, 5.41) is 15.3. The number of unbranched alkanes of at least 4 members (excludes halogenated alkanes) is 2. The van der Waals surface area contributed by atoms with Crippen LogP contribution in [0, 0.1) is 11.8 Å². The molecule has 0 aromatic heterocycles. The van der Waals surface area contributed by atoms with Crippen LogP contribution in [0.15, 0.2) is 0 Å². The second-order valence-corrected chi connectivity index (χ2v) is 5.67. The van der Waals surface area contributed by atoms with Gasteiger partial charge in [-0.3, -0.25) is 0 Å². The summed E-state index contributed by atoms with van der Waals surface area (Å²) in [5.41, 5.74) is 0. The molecule has 0 amide bonds. The van der Waals surface area contributed by atoms with E-state index in [4.69, 9.17) is 24.8 Å². The van der Waals surface area contributed by atoms with Crippen molar-refractivity contribution < 1.29 is 54.3 Å². The van der Waals surface area contributed by atoms with Crippen LogP contribution >= 0.6 is 0 Å². The third-order valence-electron chi connectivity index (χ3n) is 3.78. The van der Waals surface area contributed by atoms with Gasteiger partial charge >= 0.3 is 29.6 Å². The van der Waals surface area contributed by atoms with Crippen LogP contribution in [0.3, 0.4) is 0 Å². The van der Waals surface area contributed by atoms with E-state index in [1.165, 1.54) is 51.4 Å². The average Bonchev–Trinajstić information content (AvgIpc) is 2.49. The van der Waals surface area contributed by atoms with Crippen LogP contribution in [-0.4, -0.2) is 24.5 Å². The zero-order chi connectivity index (χ0) is 17.2. The molecular formula is C17H35NaO5. The maximum Gasteiger partial charge on any atom is 1.00 e. The van der Waals surface area contributed by atoms with E-state index < -0.39 is 6.16 Å². The Labute approximate surface area is 164 Å². The Balaban J connectivity index is -0.000000712. The molecule has 0 spiro atoms. The summed E-state index contributed by atoms with van der Waals surface area (Å²) in [5.74, 6) is 1.33. The Morgan fingerprint density at radius 2 is 1.22 bits per heavy atom.